The van der Waals surface area contributed by atoms with E-state index in [0.29, 0.717) is 0 Å². The molecule has 0 spiro atoms. The summed E-state index contributed by atoms with van der Waals surface area (Å²) in [6.45, 7) is 0. The third-order valence-corrected chi connectivity index (χ3v) is 7.37. The summed E-state index contributed by atoms with van der Waals surface area (Å²) < 4.78 is 17.0. The summed E-state index contributed by atoms with van der Waals surface area (Å²) in [4.78, 5) is 0. The smallest absolute Gasteiger partial charge is 0.214 e. The zero-order valence-electron chi connectivity index (χ0n) is 10.4. The molecule has 0 aliphatic heterocycles. The van der Waals surface area contributed by atoms with Crippen LogP contribution in [-0.4, -0.2) is 4.55 Å². The van der Waals surface area contributed by atoms with E-state index in [1.807, 2.05) is 36.4 Å². The first kappa shape index (κ1) is 12.4. The van der Waals surface area contributed by atoms with E-state index in [9.17, 15) is 4.55 Å². The predicted octanol–water partition coefficient (Wildman–Crippen LogP) is 5.28. The second-order valence-electron chi connectivity index (χ2n) is 4.48. The fourth-order valence-electron chi connectivity index (χ4n) is 2.20. The Balaban J connectivity index is 1.80. The maximum absolute atomic E-state index is 12.7. The van der Waals surface area contributed by atoms with E-state index in [1.165, 1.54) is 20.2 Å². The molecule has 0 radical (unpaired) electrons. The first-order chi connectivity index (χ1) is 9.81. The maximum atomic E-state index is 12.7. The quantitative estimate of drug-likeness (QED) is 0.461. The molecule has 0 saturated heterocycles. The Morgan fingerprint density at radius 1 is 0.700 bits per heavy atom. The summed E-state index contributed by atoms with van der Waals surface area (Å²) in [5.74, 6) is 0. The number of fused-ring (bicyclic) bond motifs is 2. The number of hydrogen-bond acceptors (Lipinski definition) is 3. The van der Waals surface area contributed by atoms with Gasteiger partial charge in [0, 0.05) is 32.7 Å². The molecule has 0 bridgehead atoms. The van der Waals surface area contributed by atoms with Gasteiger partial charge in [0.05, 0.1) is 0 Å². The van der Waals surface area contributed by atoms with Crippen LogP contribution in [0.5, 0.6) is 0 Å². The van der Waals surface area contributed by atoms with Gasteiger partial charge in [-0.1, -0.05) is 59.1 Å². The summed E-state index contributed by atoms with van der Waals surface area (Å²) in [5.41, 5.74) is 0. The van der Waals surface area contributed by atoms with E-state index in [1.54, 1.807) is 22.7 Å². The van der Waals surface area contributed by atoms with Gasteiger partial charge in [-0.25, -0.2) is 0 Å². The van der Waals surface area contributed by atoms with Crippen molar-refractivity contribution in [3.8, 4) is 0 Å². The van der Waals surface area contributed by atoms with Crippen LogP contribution in [0.1, 0.15) is 0 Å². The average Bonchev–Trinajstić information content (AvgIpc) is 3.10. The van der Waals surface area contributed by atoms with Crippen LogP contribution in [0.25, 0.3) is 20.2 Å². The van der Waals surface area contributed by atoms with Crippen molar-refractivity contribution >= 4 is 54.0 Å². The van der Waals surface area contributed by atoms with Crippen LogP contribution < -0.4 is 0 Å². The van der Waals surface area contributed by atoms with Crippen LogP contribution in [0.3, 0.4) is 0 Å². The Morgan fingerprint density at radius 3 is 1.60 bits per heavy atom. The van der Waals surface area contributed by atoms with E-state index >= 15 is 0 Å². The summed E-state index contributed by atoms with van der Waals surface area (Å²) in [7, 11) is 0. The molecule has 4 heteroatoms. The van der Waals surface area contributed by atoms with Crippen molar-refractivity contribution in [1.29, 1.82) is 0 Å². The van der Waals surface area contributed by atoms with Gasteiger partial charge in [0.15, 0.2) is 0 Å². The molecule has 0 atom stereocenters. The van der Waals surface area contributed by atoms with Crippen molar-refractivity contribution in [2.45, 2.75) is 8.42 Å². The fourth-order valence-corrected chi connectivity index (χ4v) is 6.29. The zero-order valence-corrected chi connectivity index (χ0v) is 12.9. The zero-order chi connectivity index (χ0) is 13.5. The first-order valence-corrected chi connectivity index (χ1v) is 8.98. The summed E-state index contributed by atoms with van der Waals surface area (Å²) in [6, 6.07) is 20.4. The molecule has 0 N–H and O–H groups in total. The SMILES string of the molecule is [O-][S+](c1cc2ccccc2s1)c1cc2ccccc2s1. The normalized spacial score (nSPS) is 11.7. The van der Waals surface area contributed by atoms with Gasteiger partial charge in [-0.3, -0.25) is 0 Å². The lowest BCUT2D eigenvalue weighted by molar-refractivity contribution is 0.599. The van der Waals surface area contributed by atoms with Crippen molar-refractivity contribution < 1.29 is 4.55 Å². The lowest BCUT2D eigenvalue weighted by atomic mass is 10.3. The lowest BCUT2D eigenvalue weighted by Gasteiger charge is -2.02. The Bertz CT molecular complexity index is 751. The van der Waals surface area contributed by atoms with Crippen molar-refractivity contribution in [3.05, 3.63) is 60.7 Å². The van der Waals surface area contributed by atoms with E-state index in [-0.39, 0.29) is 0 Å². The average molecular weight is 314 g/mol. The Morgan fingerprint density at radius 2 is 1.15 bits per heavy atom. The number of benzene rings is 2. The molecule has 2 heterocycles. The number of hydrogen-bond donors (Lipinski definition) is 0. The molecule has 98 valence electrons. The second-order valence-corrected chi connectivity index (χ2v) is 8.58. The van der Waals surface area contributed by atoms with Crippen molar-refractivity contribution in [1.82, 2.24) is 0 Å². The van der Waals surface area contributed by atoms with Gasteiger partial charge in [-0.2, -0.15) is 0 Å². The largest absolute Gasteiger partial charge is 0.605 e. The first-order valence-electron chi connectivity index (χ1n) is 6.20. The van der Waals surface area contributed by atoms with Gasteiger partial charge >= 0.3 is 0 Å². The Hall–Kier alpha value is -1.33. The molecule has 2 aromatic heterocycles. The summed E-state index contributed by atoms with van der Waals surface area (Å²) >= 11 is 2.16. The van der Waals surface area contributed by atoms with E-state index < -0.39 is 11.2 Å². The standard InChI is InChI=1S/C16H10OS3/c17-20(15-9-11-5-1-3-7-13(11)18-15)16-10-12-6-2-4-8-14(12)19-16/h1-10H. The van der Waals surface area contributed by atoms with Crippen molar-refractivity contribution in [2.24, 2.45) is 0 Å². The van der Waals surface area contributed by atoms with Crippen molar-refractivity contribution in [3.63, 3.8) is 0 Å². The number of thiophene rings is 2. The molecule has 2 aromatic carbocycles. The Labute approximate surface area is 127 Å². The molecule has 4 rings (SSSR count). The van der Waals surface area contributed by atoms with Crippen LogP contribution in [0.2, 0.25) is 0 Å². The fraction of sp³-hybridized carbons (Fsp3) is 0. The molecule has 1 nitrogen and oxygen atoms in total. The highest BCUT2D eigenvalue weighted by molar-refractivity contribution is 7.95. The van der Waals surface area contributed by atoms with Gasteiger partial charge in [0.2, 0.25) is 8.42 Å². The number of rotatable bonds is 2. The monoisotopic (exact) mass is 314 g/mol. The molecule has 4 aromatic rings. The van der Waals surface area contributed by atoms with Crippen LogP contribution in [0.15, 0.2) is 69.1 Å². The molecular weight excluding hydrogens is 304 g/mol. The molecular formula is C16H10OS3. The van der Waals surface area contributed by atoms with Gasteiger partial charge < -0.3 is 4.55 Å². The highest BCUT2D eigenvalue weighted by atomic mass is 32.3. The van der Waals surface area contributed by atoms with Gasteiger partial charge in [-0.15, -0.1) is 0 Å². The third kappa shape index (κ3) is 2.05. The van der Waals surface area contributed by atoms with Crippen LogP contribution in [0, 0.1) is 0 Å². The van der Waals surface area contributed by atoms with Crippen LogP contribution >= 0.6 is 22.7 Å². The second kappa shape index (κ2) is 4.90. The molecule has 0 aliphatic rings. The molecule has 0 amide bonds. The van der Waals surface area contributed by atoms with E-state index in [4.69, 9.17) is 0 Å². The summed E-state index contributed by atoms with van der Waals surface area (Å²) in [6.07, 6.45) is 0. The topological polar surface area (TPSA) is 23.1 Å². The van der Waals surface area contributed by atoms with Crippen molar-refractivity contribution in [2.75, 3.05) is 0 Å². The van der Waals surface area contributed by atoms with Gasteiger partial charge in [0.25, 0.3) is 0 Å². The molecule has 20 heavy (non-hydrogen) atoms. The van der Waals surface area contributed by atoms with Gasteiger partial charge in [-0.05, 0) is 22.9 Å². The maximum Gasteiger partial charge on any atom is 0.214 e. The molecule has 0 saturated carbocycles. The van der Waals surface area contributed by atoms with E-state index in [2.05, 4.69) is 24.3 Å². The summed E-state index contributed by atoms with van der Waals surface area (Å²) in [5, 5.41) is 2.34. The van der Waals surface area contributed by atoms with Crippen LogP contribution in [0.4, 0.5) is 0 Å². The predicted molar refractivity (Wildman–Crippen MR) is 88.3 cm³/mol. The Kier molecular flexibility index (Phi) is 3.04. The molecule has 0 fully saturated rings. The van der Waals surface area contributed by atoms with Gasteiger partial charge in [0.1, 0.15) is 0 Å². The highest BCUT2D eigenvalue weighted by Crippen LogP contribution is 2.37. The van der Waals surface area contributed by atoms with Crippen LogP contribution in [-0.2, 0) is 11.2 Å². The lowest BCUT2D eigenvalue weighted by Crippen LogP contribution is -1.95. The minimum atomic E-state index is -1.08. The third-order valence-electron chi connectivity index (χ3n) is 3.17. The van der Waals surface area contributed by atoms with E-state index in [0.717, 1.165) is 8.42 Å². The molecule has 0 aliphatic carbocycles. The minimum absolute atomic E-state index is 0.928. The minimum Gasteiger partial charge on any atom is -0.605 e. The highest BCUT2D eigenvalue weighted by Gasteiger charge is 2.20. The molecule has 0 unspecified atom stereocenters.